The first kappa shape index (κ1) is 17.1. The van der Waals surface area contributed by atoms with Crippen LogP contribution in [0.15, 0.2) is 35.2 Å². The number of benzene rings is 1. The third-order valence-electron chi connectivity index (χ3n) is 4.36. The van der Waals surface area contributed by atoms with Gasteiger partial charge in [0.05, 0.1) is 0 Å². The number of nitrogens with zero attached hydrogens (tertiary/aromatic N) is 2. The van der Waals surface area contributed by atoms with Gasteiger partial charge in [-0.15, -0.1) is 0 Å². The van der Waals surface area contributed by atoms with Gasteiger partial charge in [0.25, 0.3) is 0 Å². The van der Waals surface area contributed by atoms with Crippen molar-refractivity contribution in [3.05, 3.63) is 36.2 Å². The smallest absolute Gasteiger partial charge is 0.220 e. The molecule has 0 aliphatic heterocycles. The molecule has 2 amide bonds. The van der Waals surface area contributed by atoms with Crippen molar-refractivity contribution in [3.8, 4) is 11.4 Å². The number of carbonyl (C=O) groups excluding carboxylic acids is 2. The molecule has 132 valence electrons. The molecular weight excluding hydrogens is 320 g/mol. The molecule has 0 spiro atoms. The van der Waals surface area contributed by atoms with E-state index in [1.807, 2.05) is 24.3 Å². The second-order valence-electron chi connectivity index (χ2n) is 6.28. The molecule has 1 heterocycles. The van der Waals surface area contributed by atoms with Gasteiger partial charge in [-0.25, -0.2) is 0 Å². The van der Waals surface area contributed by atoms with Crippen LogP contribution in [0.25, 0.3) is 11.4 Å². The van der Waals surface area contributed by atoms with Crippen LogP contribution in [0.5, 0.6) is 0 Å². The van der Waals surface area contributed by atoms with Crippen LogP contribution >= 0.6 is 0 Å². The van der Waals surface area contributed by atoms with Gasteiger partial charge in [-0.2, -0.15) is 4.98 Å². The largest absolute Gasteiger partial charge is 0.353 e. The number of hydrogen-bond acceptors (Lipinski definition) is 5. The lowest BCUT2D eigenvalue weighted by Gasteiger charge is -2.11. The van der Waals surface area contributed by atoms with E-state index in [4.69, 9.17) is 4.52 Å². The van der Waals surface area contributed by atoms with Gasteiger partial charge >= 0.3 is 0 Å². The van der Waals surface area contributed by atoms with Crippen LogP contribution in [-0.2, 0) is 16.1 Å². The molecule has 0 saturated heterocycles. The molecule has 0 bridgehead atoms. The second kappa shape index (κ2) is 8.41. The van der Waals surface area contributed by atoms with Crippen molar-refractivity contribution in [2.24, 2.45) is 0 Å². The molecule has 1 aliphatic carbocycles. The van der Waals surface area contributed by atoms with E-state index in [-0.39, 0.29) is 24.7 Å². The lowest BCUT2D eigenvalue weighted by Crippen LogP contribution is -2.33. The summed E-state index contributed by atoms with van der Waals surface area (Å²) in [7, 11) is 0. The Kier molecular flexibility index (Phi) is 5.77. The summed E-state index contributed by atoms with van der Waals surface area (Å²) in [5.41, 5.74) is 1.82. The molecule has 0 unspecified atom stereocenters. The molecule has 1 saturated carbocycles. The zero-order valence-corrected chi connectivity index (χ0v) is 14.0. The molecule has 0 radical (unpaired) electrons. The zero-order valence-electron chi connectivity index (χ0n) is 14.0. The standard InChI is InChI=1S/C18H22N4O3/c23-16(9-10-17(24)21-15-3-1-2-4-15)19-11-13-5-7-14(8-6-13)18-20-12-25-22-18/h5-8,12,15H,1-4,9-11H2,(H,19,23)(H,21,24). The molecule has 25 heavy (non-hydrogen) atoms. The molecule has 1 fully saturated rings. The maximum atomic E-state index is 11.9. The van der Waals surface area contributed by atoms with Gasteiger partial charge in [0.1, 0.15) is 0 Å². The van der Waals surface area contributed by atoms with Crippen molar-refractivity contribution in [2.75, 3.05) is 0 Å². The second-order valence-corrected chi connectivity index (χ2v) is 6.28. The zero-order chi connectivity index (χ0) is 17.5. The number of carbonyl (C=O) groups is 2. The summed E-state index contributed by atoms with van der Waals surface area (Å²) >= 11 is 0. The molecule has 2 aromatic rings. The Bertz CT molecular complexity index is 692. The first-order valence-corrected chi connectivity index (χ1v) is 8.62. The lowest BCUT2D eigenvalue weighted by molar-refractivity contribution is -0.126. The molecule has 7 heteroatoms. The van der Waals surface area contributed by atoms with E-state index in [0.717, 1.165) is 24.0 Å². The summed E-state index contributed by atoms with van der Waals surface area (Å²) in [6, 6.07) is 7.86. The Morgan fingerprint density at radius 2 is 1.80 bits per heavy atom. The molecule has 2 N–H and O–H groups in total. The fraction of sp³-hybridized carbons (Fsp3) is 0.444. The van der Waals surface area contributed by atoms with Crippen LogP contribution in [-0.4, -0.2) is 28.0 Å². The van der Waals surface area contributed by atoms with Crippen molar-refractivity contribution in [1.82, 2.24) is 20.8 Å². The maximum absolute atomic E-state index is 11.9. The summed E-state index contributed by atoms with van der Waals surface area (Å²) in [5, 5.41) is 9.60. The lowest BCUT2D eigenvalue weighted by atomic mass is 10.1. The highest BCUT2D eigenvalue weighted by Crippen LogP contribution is 2.17. The van der Waals surface area contributed by atoms with Crippen molar-refractivity contribution < 1.29 is 14.1 Å². The van der Waals surface area contributed by atoms with Gasteiger partial charge in [0.15, 0.2) is 0 Å². The highest BCUT2D eigenvalue weighted by atomic mass is 16.5. The minimum absolute atomic E-state index is 0.0356. The molecule has 7 nitrogen and oxygen atoms in total. The van der Waals surface area contributed by atoms with Crippen molar-refractivity contribution >= 4 is 11.8 Å². The van der Waals surface area contributed by atoms with Gasteiger partial charge < -0.3 is 15.2 Å². The Balaban J connectivity index is 1.37. The third kappa shape index (κ3) is 5.14. The summed E-state index contributed by atoms with van der Waals surface area (Å²) in [6.45, 7) is 0.426. The van der Waals surface area contributed by atoms with Gasteiger partial charge in [-0.3, -0.25) is 9.59 Å². The van der Waals surface area contributed by atoms with Crippen LogP contribution < -0.4 is 10.6 Å². The summed E-state index contributed by atoms with van der Waals surface area (Å²) in [4.78, 5) is 27.7. The average molecular weight is 342 g/mol. The van der Waals surface area contributed by atoms with E-state index in [0.29, 0.717) is 18.4 Å². The first-order valence-electron chi connectivity index (χ1n) is 8.62. The van der Waals surface area contributed by atoms with Crippen LogP contribution in [0, 0.1) is 0 Å². The van der Waals surface area contributed by atoms with Gasteiger partial charge in [0.2, 0.25) is 24.0 Å². The number of rotatable bonds is 7. The predicted molar refractivity (Wildman–Crippen MR) is 91.2 cm³/mol. The maximum Gasteiger partial charge on any atom is 0.220 e. The van der Waals surface area contributed by atoms with Gasteiger partial charge in [-0.1, -0.05) is 42.3 Å². The third-order valence-corrected chi connectivity index (χ3v) is 4.36. The highest BCUT2D eigenvalue weighted by molar-refractivity contribution is 5.83. The van der Waals surface area contributed by atoms with E-state index >= 15 is 0 Å². The topological polar surface area (TPSA) is 97.1 Å². The minimum atomic E-state index is -0.121. The predicted octanol–water partition coefficient (Wildman–Crippen LogP) is 2.19. The summed E-state index contributed by atoms with van der Waals surface area (Å²) < 4.78 is 4.72. The SMILES string of the molecule is O=C(CCC(=O)NC1CCCC1)NCc1ccc(-c2ncon2)cc1. The molecule has 1 aliphatic rings. The van der Waals surface area contributed by atoms with Crippen molar-refractivity contribution in [1.29, 1.82) is 0 Å². The summed E-state index contributed by atoms with van der Waals surface area (Å²) in [5.74, 6) is 0.374. The van der Waals surface area contributed by atoms with Crippen LogP contribution in [0.2, 0.25) is 0 Å². The molecule has 0 atom stereocenters. The van der Waals surface area contributed by atoms with Crippen LogP contribution in [0.1, 0.15) is 44.1 Å². The molecule has 3 rings (SSSR count). The quantitative estimate of drug-likeness (QED) is 0.804. The van der Waals surface area contributed by atoms with E-state index < -0.39 is 0 Å². The summed E-state index contributed by atoms with van der Waals surface area (Å²) in [6.07, 6.45) is 6.19. The fourth-order valence-corrected chi connectivity index (χ4v) is 2.96. The highest BCUT2D eigenvalue weighted by Gasteiger charge is 2.17. The molecule has 1 aromatic heterocycles. The monoisotopic (exact) mass is 342 g/mol. The van der Waals surface area contributed by atoms with E-state index in [1.54, 1.807) is 0 Å². The Morgan fingerprint density at radius 1 is 1.08 bits per heavy atom. The minimum Gasteiger partial charge on any atom is -0.353 e. The van der Waals surface area contributed by atoms with Gasteiger partial charge in [0, 0.05) is 31.0 Å². The Labute approximate surface area is 146 Å². The van der Waals surface area contributed by atoms with Crippen molar-refractivity contribution in [3.63, 3.8) is 0 Å². The van der Waals surface area contributed by atoms with E-state index in [1.165, 1.54) is 19.2 Å². The van der Waals surface area contributed by atoms with Gasteiger partial charge in [-0.05, 0) is 18.4 Å². The van der Waals surface area contributed by atoms with Crippen LogP contribution in [0.4, 0.5) is 0 Å². The molecule has 1 aromatic carbocycles. The Morgan fingerprint density at radius 3 is 2.48 bits per heavy atom. The van der Waals surface area contributed by atoms with E-state index in [2.05, 4.69) is 20.8 Å². The first-order chi connectivity index (χ1) is 12.2. The molecular formula is C18H22N4O3. The number of hydrogen-bond donors (Lipinski definition) is 2. The number of amides is 2. The normalized spacial score (nSPS) is 14.4. The fourth-order valence-electron chi connectivity index (χ4n) is 2.96. The Hall–Kier alpha value is -2.70. The van der Waals surface area contributed by atoms with E-state index in [9.17, 15) is 9.59 Å². The van der Waals surface area contributed by atoms with Crippen LogP contribution in [0.3, 0.4) is 0 Å². The number of aromatic nitrogens is 2. The average Bonchev–Trinajstić information content (AvgIpc) is 3.32. The van der Waals surface area contributed by atoms with Crippen molar-refractivity contribution in [2.45, 2.75) is 51.1 Å². The number of nitrogens with one attached hydrogen (secondary N) is 2.